The van der Waals surface area contributed by atoms with Gasteiger partial charge in [0.15, 0.2) is 0 Å². The zero-order valence-corrected chi connectivity index (χ0v) is 15.2. The lowest BCUT2D eigenvalue weighted by atomic mass is 10.1. The molecule has 2 amide bonds. The average Bonchev–Trinajstić information content (AvgIpc) is 3.01. The first-order valence-corrected chi connectivity index (χ1v) is 8.54. The second kappa shape index (κ2) is 7.09. The fourth-order valence-corrected chi connectivity index (χ4v) is 3.46. The van der Waals surface area contributed by atoms with Gasteiger partial charge in [0.25, 0.3) is 0 Å². The van der Waals surface area contributed by atoms with Crippen LogP contribution in [0.1, 0.15) is 30.8 Å². The largest absolute Gasteiger partial charge is 0.497 e. The van der Waals surface area contributed by atoms with Crippen molar-refractivity contribution in [1.82, 2.24) is 9.47 Å². The van der Waals surface area contributed by atoms with Crippen LogP contribution in [0.2, 0.25) is 0 Å². The van der Waals surface area contributed by atoms with Gasteiger partial charge in [-0.1, -0.05) is 6.92 Å². The molecule has 0 fully saturated rings. The third-order valence-corrected chi connectivity index (χ3v) is 4.77. The highest BCUT2D eigenvalue weighted by atomic mass is 16.5. The zero-order chi connectivity index (χ0) is 18.0. The van der Waals surface area contributed by atoms with E-state index in [-0.39, 0.29) is 12.1 Å². The van der Waals surface area contributed by atoms with E-state index in [0.29, 0.717) is 23.7 Å². The van der Waals surface area contributed by atoms with E-state index in [2.05, 4.69) is 35.9 Å². The number of fused-ring (bicyclic) bond motifs is 1. The predicted octanol–water partition coefficient (Wildman–Crippen LogP) is 3.81. The van der Waals surface area contributed by atoms with Crippen LogP contribution in [0.3, 0.4) is 0 Å². The number of hydrogen-bond donors (Lipinski definition) is 1. The number of urea groups is 1. The van der Waals surface area contributed by atoms with Gasteiger partial charge in [0.05, 0.1) is 20.3 Å². The summed E-state index contributed by atoms with van der Waals surface area (Å²) in [6.45, 7) is 5.72. The van der Waals surface area contributed by atoms with Crippen LogP contribution in [-0.2, 0) is 6.54 Å². The third kappa shape index (κ3) is 3.29. The Morgan fingerprint density at radius 3 is 2.44 bits per heavy atom. The molecule has 0 bridgehead atoms. The summed E-state index contributed by atoms with van der Waals surface area (Å²) in [6, 6.07) is 9.57. The van der Waals surface area contributed by atoms with Gasteiger partial charge in [-0.05, 0) is 25.5 Å². The minimum atomic E-state index is -0.104. The highest BCUT2D eigenvalue weighted by Gasteiger charge is 2.30. The molecule has 1 aromatic carbocycles. The molecule has 1 aliphatic heterocycles. The van der Waals surface area contributed by atoms with Gasteiger partial charge in [-0.15, -0.1) is 0 Å². The van der Waals surface area contributed by atoms with Crippen molar-refractivity contribution in [1.29, 1.82) is 0 Å². The minimum Gasteiger partial charge on any atom is -0.497 e. The van der Waals surface area contributed by atoms with Crippen LogP contribution in [0.5, 0.6) is 11.5 Å². The van der Waals surface area contributed by atoms with Crippen molar-refractivity contribution in [2.75, 3.05) is 26.1 Å². The lowest BCUT2D eigenvalue weighted by Gasteiger charge is -2.37. The number of nitrogens with zero attached hydrogens (tertiary/aromatic N) is 2. The summed E-state index contributed by atoms with van der Waals surface area (Å²) in [6.07, 6.45) is 0.873. The number of nitrogens with one attached hydrogen (secondary N) is 1. The van der Waals surface area contributed by atoms with Crippen molar-refractivity contribution in [2.45, 2.75) is 32.9 Å². The predicted molar refractivity (Wildman–Crippen MR) is 97.5 cm³/mol. The topological polar surface area (TPSA) is 55.7 Å². The van der Waals surface area contributed by atoms with E-state index in [4.69, 9.17) is 9.47 Å². The van der Waals surface area contributed by atoms with Gasteiger partial charge in [-0.2, -0.15) is 0 Å². The first kappa shape index (κ1) is 17.2. The van der Waals surface area contributed by atoms with Gasteiger partial charge < -0.3 is 24.3 Å². The van der Waals surface area contributed by atoms with Crippen molar-refractivity contribution in [3.8, 4) is 11.5 Å². The summed E-state index contributed by atoms with van der Waals surface area (Å²) >= 11 is 0. The van der Waals surface area contributed by atoms with E-state index in [9.17, 15) is 4.79 Å². The fourth-order valence-electron chi connectivity index (χ4n) is 3.46. The summed E-state index contributed by atoms with van der Waals surface area (Å²) < 4.78 is 12.8. The highest BCUT2D eigenvalue weighted by molar-refractivity contribution is 5.90. The van der Waals surface area contributed by atoms with Gasteiger partial charge in [0.1, 0.15) is 11.5 Å². The molecule has 6 nitrogen and oxygen atoms in total. The lowest BCUT2D eigenvalue weighted by Crippen LogP contribution is -2.44. The van der Waals surface area contributed by atoms with Crippen LogP contribution in [-0.4, -0.2) is 36.3 Å². The molecular formula is C19H25N3O3. The minimum absolute atomic E-state index is 0.0787. The van der Waals surface area contributed by atoms with Crippen molar-refractivity contribution >= 4 is 11.7 Å². The Morgan fingerprint density at radius 2 is 1.84 bits per heavy atom. The Morgan fingerprint density at radius 1 is 1.16 bits per heavy atom. The second-order valence-corrected chi connectivity index (χ2v) is 6.20. The Kier molecular flexibility index (Phi) is 4.88. The van der Waals surface area contributed by atoms with Crippen LogP contribution < -0.4 is 14.8 Å². The first-order valence-electron chi connectivity index (χ1n) is 8.54. The Balaban J connectivity index is 1.82. The number of hydrogen-bond acceptors (Lipinski definition) is 3. The molecule has 0 aliphatic carbocycles. The molecule has 6 heteroatoms. The second-order valence-electron chi connectivity index (χ2n) is 6.20. The summed E-state index contributed by atoms with van der Waals surface area (Å²) in [5.41, 5.74) is 3.10. The quantitative estimate of drug-likeness (QED) is 0.918. The maximum absolute atomic E-state index is 12.9. The molecular weight excluding hydrogens is 318 g/mol. The molecule has 2 aromatic rings. The third-order valence-electron chi connectivity index (χ3n) is 4.77. The molecule has 3 rings (SSSR count). The van der Waals surface area contributed by atoms with Gasteiger partial charge in [0.2, 0.25) is 0 Å². The lowest BCUT2D eigenvalue weighted by molar-refractivity contribution is 0.165. The molecule has 0 saturated heterocycles. The number of carbonyl (C=O) groups excluding carboxylic acids is 1. The van der Waals surface area contributed by atoms with Crippen LogP contribution in [0.4, 0.5) is 10.5 Å². The SMILES string of the molecule is CC[C@H]1c2ccc(C)n2CCN1C(=O)Nc1cc(OC)cc(OC)c1. The molecule has 2 heterocycles. The Labute approximate surface area is 148 Å². The molecule has 25 heavy (non-hydrogen) atoms. The van der Waals surface area contributed by atoms with Gasteiger partial charge in [-0.3, -0.25) is 0 Å². The number of methoxy groups -OCH3 is 2. The van der Waals surface area contributed by atoms with Gasteiger partial charge in [-0.25, -0.2) is 4.79 Å². The molecule has 0 radical (unpaired) electrons. The average molecular weight is 343 g/mol. The number of ether oxygens (including phenoxy) is 2. The van der Waals surface area contributed by atoms with Crippen molar-refractivity contribution in [3.63, 3.8) is 0 Å². The molecule has 1 atom stereocenters. The number of benzene rings is 1. The molecule has 134 valence electrons. The van der Waals surface area contributed by atoms with Crippen LogP contribution in [0, 0.1) is 6.92 Å². The normalized spacial score (nSPS) is 16.3. The summed E-state index contributed by atoms with van der Waals surface area (Å²) in [5, 5.41) is 2.98. The number of amides is 2. The molecule has 0 spiro atoms. The smallest absolute Gasteiger partial charge is 0.322 e. The van der Waals surface area contributed by atoms with Crippen LogP contribution >= 0.6 is 0 Å². The van der Waals surface area contributed by atoms with E-state index < -0.39 is 0 Å². The van der Waals surface area contributed by atoms with E-state index in [1.807, 2.05) is 4.90 Å². The number of anilines is 1. The zero-order valence-electron chi connectivity index (χ0n) is 15.2. The summed E-state index contributed by atoms with van der Waals surface area (Å²) in [4.78, 5) is 14.8. The monoisotopic (exact) mass is 343 g/mol. The van der Waals surface area contributed by atoms with E-state index in [0.717, 1.165) is 13.0 Å². The van der Waals surface area contributed by atoms with Gasteiger partial charge in [0, 0.05) is 48.4 Å². The maximum atomic E-state index is 12.9. The number of aromatic nitrogens is 1. The first-order chi connectivity index (χ1) is 12.1. The van der Waals surface area contributed by atoms with Crippen LogP contribution in [0.15, 0.2) is 30.3 Å². The van der Waals surface area contributed by atoms with Crippen LogP contribution in [0.25, 0.3) is 0 Å². The number of rotatable bonds is 4. The highest BCUT2D eigenvalue weighted by Crippen LogP contribution is 2.31. The van der Waals surface area contributed by atoms with Crippen molar-refractivity contribution in [3.05, 3.63) is 41.7 Å². The summed E-state index contributed by atoms with van der Waals surface area (Å²) in [7, 11) is 3.18. The molecule has 0 unspecified atom stereocenters. The molecule has 1 aliphatic rings. The van der Waals surface area contributed by atoms with Crippen molar-refractivity contribution in [2.24, 2.45) is 0 Å². The van der Waals surface area contributed by atoms with E-state index in [1.54, 1.807) is 32.4 Å². The standard InChI is InChI=1S/C19H25N3O3/c1-5-17-18-7-6-13(2)21(18)8-9-22(17)19(23)20-14-10-15(24-3)12-16(11-14)25-4/h6-7,10-12,17H,5,8-9H2,1-4H3,(H,20,23)/t17-/m0/s1. The number of carbonyl (C=O) groups is 1. The Hall–Kier alpha value is -2.63. The van der Waals surface area contributed by atoms with E-state index >= 15 is 0 Å². The van der Waals surface area contributed by atoms with Crippen molar-refractivity contribution < 1.29 is 14.3 Å². The van der Waals surface area contributed by atoms with E-state index in [1.165, 1.54) is 11.4 Å². The Bertz CT molecular complexity index is 747. The summed E-state index contributed by atoms with van der Waals surface area (Å²) in [5.74, 6) is 1.29. The molecule has 1 aromatic heterocycles. The number of aryl methyl sites for hydroxylation is 1. The molecule has 0 saturated carbocycles. The van der Waals surface area contributed by atoms with Gasteiger partial charge >= 0.3 is 6.03 Å². The fraction of sp³-hybridized carbons (Fsp3) is 0.421. The molecule has 1 N–H and O–H groups in total. The maximum Gasteiger partial charge on any atom is 0.322 e.